The van der Waals surface area contributed by atoms with Gasteiger partial charge in [0.2, 0.25) is 0 Å². The van der Waals surface area contributed by atoms with Crippen LogP contribution in [0, 0.1) is 5.82 Å². The standard InChI is InChI=1S/C25H18F8N2O2S/c1-35(22(37)14-7-4-3-5-8-14)18-10-6-9-16(20(18)26)21(36)34-17-12-11-15(13-19(17)38-2)23(27,24(28,29)30)25(31,32)33/h3-13H,1-2H3,(H,34,36). The fraction of sp³-hybridized carbons (Fsp3) is 0.200. The Morgan fingerprint density at radius 3 is 2.00 bits per heavy atom. The number of halogens is 8. The van der Waals surface area contributed by atoms with E-state index < -0.39 is 46.8 Å². The molecule has 2 amide bonds. The number of thioether (sulfide) groups is 1. The molecule has 3 rings (SSSR count). The summed E-state index contributed by atoms with van der Waals surface area (Å²) in [6.07, 6.45) is -11.3. The SMILES string of the molecule is CSc1cc(C(F)(C(F)(F)F)C(F)(F)F)ccc1NC(=O)c1cccc(N(C)C(=O)c2ccccc2)c1F. The Labute approximate surface area is 215 Å². The first-order chi connectivity index (χ1) is 17.6. The minimum absolute atomic E-state index is 0.245. The first-order valence-electron chi connectivity index (χ1n) is 10.6. The van der Waals surface area contributed by atoms with Crippen LogP contribution in [0.15, 0.2) is 71.6 Å². The van der Waals surface area contributed by atoms with Gasteiger partial charge in [0.1, 0.15) is 0 Å². The molecular formula is C25H18F8N2O2S. The Morgan fingerprint density at radius 1 is 0.842 bits per heavy atom. The highest BCUT2D eigenvalue weighted by atomic mass is 32.2. The molecule has 0 aromatic heterocycles. The monoisotopic (exact) mass is 562 g/mol. The van der Waals surface area contributed by atoms with Gasteiger partial charge in [0, 0.05) is 23.1 Å². The number of nitrogens with one attached hydrogen (secondary N) is 1. The quantitative estimate of drug-likeness (QED) is 0.252. The van der Waals surface area contributed by atoms with Gasteiger partial charge in [-0.2, -0.15) is 26.3 Å². The number of alkyl halides is 7. The topological polar surface area (TPSA) is 49.4 Å². The zero-order valence-corrected chi connectivity index (χ0v) is 20.4. The van der Waals surface area contributed by atoms with Gasteiger partial charge in [-0.3, -0.25) is 9.59 Å². The third-order valence-corrected chi connectivity index (χ3v) is 6.32. The van der Waals surface area contributed by atoms with Crippen LogP contribution >= 0.6 is 11.8 Å². The highest BCUT2D eigenvalue weighted by Crippen LogP contribution is 2.54. The Bertz CT molecular complexity index is 1330. The third kappa shape index (κ3) is 5.33. The van der Waals surface area contributed by atoms with E-state index in [1.165, 1.54) is 37.6 Å². The van der Waals surface area contributed by atoms with Crippen molar-refractivity contribution in [1.82, 2.24) is 0 Å². The van der Waals surface area contributed by atoms with Crippen molar-refractivity contribution in [2.24, 2.45) is 0 Å². The second kappa shape index (κ2) is 10.6. The predicted molar refractivity (Wildman–Crippen MR) is 127 cm³/mol. The molecule has 38 heavy (non-hydrogen) atoms. The number of anilines is 2. The molecule has 0 unspecified atom stereocenters. The molecule has 3 aromatic rings. The highest BCUT2D eigenvalue weighted by molar-refractivity contribution is 7.98. The third-order valence-electron chi connectivity index (χ3n) is 5.54. The van der Waals surface area contributed by atoms with Gasteiger partial charge in [0.25, 0.3) is 11.8 Å². The van der Waals surface area contributed by atoms with Gasteiger partial charge in [0.05, 0.1) is 16.9 Å². The molecule has 0 aliphatic heterocycles. The van der Waals surface area contributed by atoms with Crippen LogP contribution in [0.25, 0.3) is 0 Å². The number of amides is 2. The molecule has 0 aliphatic carbocycles. The van der Waals surface area contributed by atoms with Crippen LogP contribution in [0.5, 0.6) is 0 Å². The fourth-order valence-electron chi connectivity index (χ4n) is 3.52. The van der Waals surface area contributed by atoms with E-state index in [-0.39, 0.29) is 27.9 Å². The molecule has 3 aromatic carbocycles. The smallest absolute Gasteiger partial charge is 0.321 e. The maximum Gasteiger partial charge on any atom is 0.435 e. The molecule has 4 nitrogen and oxygen atoms in total. The molecule has 1 N–H and O–H groups in total. The molecule has 0 bridgehead atoms. The van der Waals surface area contributed by atoms with Gasteiger partial charge >= 0.3 is 18.0 Å². The maximum absolute atomic E-state index is 15.3. The summed E-state index contributed by atoms with van der Waals surface area (Å²) in [7, 11) is 1.28. The molecule has 0 aliphatic rings. The minimum Gasteiger partial charge on any atom is -0.321 e. The Kier molecular flexibility index (Phi) is 8.10. The van der Waals surface area contributed by atoms with Gasteiger partial charge in [0.15, 0.2) is 5.82 Å². The first-order valence-corrected chi connectivity index (χ1v) is 11.8. The van der Waals surface area contributed by atoms with Gasteiger partial charge in [-0.1, -0.05) is 30.3 Å². The van der Waals surface area contributed by atoms with E-state index in [0.717, 1.165) is 11.0 Å². The fourth-order valence-corrected chi connectivity index (χ4v) is 4.11. The van der Waals surface area contributed by atoms with Gasteiger partial charge < -0.3 is 10.2 Å². The van der Waals surface area contributed by atoms with E-state index in [4.69, 9.17) is 0 Å². The van der Waals surface area contributed by atoms with Crippen molar-refractivity contribution in [3.63, 3.8) is 0 Å². The summed E-state index contributed by atoms with van der Waals surface area (Å²) in [4.78, 5) is 26.1. The summed E-state index contributed by atoms with van der Waals surface area (Å²) in [5, 5.41) is 2.21. The Morgan fingerprint density at radius 2 is 1.45 bits per heavy atom. The molecule has 0 spiro atoms. The zero-order chi connectivity index (χ0) is 28.5. The van der Waals surface area contributed by atoms with Crippen molar-refractivity contribution in [3.05, 3.63) is 89.2 Å². The lowest BCUT2D eigenvalue weighted by atomic mass is 9.94. The molecule has 0 fully saturated rings. The average Bonchev–Trinajstić information content (AvgIpc) is 2.86. The number of nitrogens with zero attached hydrogens (tertiary/aromatic N) is 1. The van der Waals surface area contributed by atoms with Crippen LogP contribution in [0.2, 0.25) is 0 Å². The second-order valence-electron chi connectivity index (χ2n) is 7.89. The number of carbonyl (C=O) groups is 2. The van der Waals surface area contributed by atoms with Crippen molar-refractivity contribution in [1.29, 1.82) is 0 Å². The lowest BCUT2D eigenvalue weighted by Crippen LogP contribution is -2.50. The number of carbonyl (C=O) groups excluding carboxylic acids is 2. The highest BCUT2D eigenvalue weighted by Gasteiger charge is 2.73. The Balaban J connectivity index is 1.94. The van der Waals surface area contributed by atoms with E-state index in [9.17, 15) is 40.3 Å². The van der Waals surface area contributed by atoms with E-state index in [2.05, 4.69) is 5.32 Å². The van der Waals surface area contributed by atoms with Crippen LogP contribution in [0.1, 0.15) is 26.3 Å². The molecule has 0 saturated heterocycles. The Hall–Kier alpha value is -3.61. The summed E-state index contributed by atoms with van der Waals surface area (Å²) < 4.78 is 108. The first kappa shape index (κ1) is 29.0. The molecule has 0 atom stereocenters. The van der Waals surface area contributed by atoms with Gasteiger partial charge in [-0.25, -0.2) is 8.78 Å². The molecular weight excluding hydrogens is 544 g/mol. The molecule has 202 valence electrons. The number of rotatable bonds is 6. The van der Waals surface area contributed by atoms with E-state index in [1.807, 2.05) is 0 Å². The summed E-state index contributed by atoms with van der Waals surface area (Å²) in [5.74, 6) is -2.78. The summed E-state index contributed by atoms with van der Waals surface area (Å²) >= 11 is 0.635. The van der Waals surface area contributed by atoms with E-state index in [0.29, 0.717) is 23.9 Å². The molecule has 13 heteroatoms. The number of benzene rings is 3. The summed E-state index contributed by atoms with van der Waals surface area (Å²) in [5.41, 5.74) is -8.23. The second-order valence-corrected chi connectivity index (χ2v) is 8.74. The van der Waals surface area contributed by atoms with Crippen LogP contribution in [-0.4, -0.2) is 37.5 Å². The van der Waals surface area contributed by atoms with Crippen molar-refractivity contribution in [2.45, 2.75) is 22.9 Å². The van der Waals surface area contributed by atoms with Crippen LogP contribution in [0.3, 0.4) is 0 Å². The normalized spacial score (nSPS) is 12.3. The van der Waals surface area contributed by atoms with Crippen LogP contribution < -0.4 is 10.2 Å². The molecule has 0 radical (unpaired) electrons. The van der Waals surface area contributed by atoms with Crippen molar-refractivity contribution in [2.75, 3.05) is 23.5 Å². The molecule has 0 heterocycles. The minimum atomic E-state index is -6.31. The number of hydrogen-bond donors (Lipinski definition) is 1. The van der Waals surface area contributed by atoms with Crippen molar-refractivity contribution < 1.29 is 44.7 Å². The lowest BCUT2D eigenvalue weighted by molar-refractivity contribution is -0.348. The molecule has 0 saturated carbocycles. The summed E-state index contributed by atoms with van der Waals surface area (Å²) in [6.45, 7) is 0. The van der Waals surface area contributed by atoms with Gasteiger partial charge in [-0.05, 0) is 42.7 Å². The summed E-state index contributed by atoms with van der Waals surface area (Å²) in [6, 6.07) is 12.7. The van der Waals surface area contributed by atoms with Crippen LogP contribution in [0.4, 0.5) is 46.5 Å². The van der Waals surface area contributed by atoms with E-state index >= 15 is 4.39 Å². The lowest BCUT2D eigenvalue weighted by Gasteiger charge is -2.30. The van der Waals surface area contributed by atoms with E-state index in [1.54, 1.807) is 18.2 Å². The zero-order valence-electron chi connectivity index (χ0n) is 19.5. The predicted octanol–water partition coefficient (Wildman–Crippen LogP) is 7.37. The van der Waals surface area contributed by atoms with Crippen LogP contribution in [-0.2, 0) is 5.67 Å². The number of hydrogen-bond acceptors (Lipinski definition) is 3. The van der Waals surface area contributed by atoms with Crippen molar-refractivity contribution >= 4 is 35.0 Å². The van der Waals surface area contributed by atoms with Crippen molar-refractivity contribution in [3.8, 4) is 0 Å². The van der Waals surface area contributed by atoms with Gasteiger partial charge in [-0.15, -0.1) is 11.8 Å². The maximum atomic E-state index is 15.3. The average molecular weight is 562 g/mol. The largest absolute Gasteiger partial charge is 0.435 e.